The van der Waals surface area contributed by atoms with Crippen LogP contribution in [0.25, 0.3) is 0 Å². The van der Waals surface area contributed by atoms with Gasteiger partial charge < -0.3 is 10.6 Å². The molecule has 1 aliphatic rings. The van der Waals surface area contributed by atoms with Crippen LogP contribution in [0.1, 0.15) is 46.0 Å². The SMILES string of the molecule is CCCCCC[C@@]1(C)NC(=O)N(CC(=O)Nc2ccc(F)c(Cl)c2)C1=O. The van der Waals surface area contributed by atoms with E-state index in [0.29, 0.717) is 6.42 Å². The molecule has 0 radical (unpaired) electrons. The summed E-state index contributed by atoms with van der Waals surface area (Å²) in [5.74, 6) is -1.57. The lowest BCUT2D eigenvalue weighted by molar-refractivity contribution is -0.133. The van der Waals surface area contributed by atoms with Gasteiger partial charge in [0.25, 0.3) is 5.91 Å². The van der Waals surface area contributed by atoms with Crippen LogP contribution in [0.15, 0.2) is 18.2 Å². The molecule has 0 spiro atoms. The molecule has 2 rings (SSSR count). The van der Waals surface area contributed by atoms with Crippen molar-refractivity contribution in [3.05, 3.63) is 29.0 Å². The number of nitrogens with one attached hydrogen (secondary N) is 2. The predicted octanol–water partition coefficient (Wildman–Crippen LogP) is 3.70. The van der Waals surface area contributed by atoms with Gasteiger partial charge in [-0.1, -0.05) is 44.2 Å². The van der Waals surface area contributed by atoms with Crippen LogP contribution < -0.4 is 10.6 Å². The number of halogens is 2. The van der Waals surface area contributed by atoms with Crippen molar-refractivity contribution in [2.75, 3.05) is 11.9 Å². The molecule has 2 N–H and O–H groups in total. The van der Waals surface area contributed by atoms with Gasteiger partial charge in [0.15, 0.2) is 0 Å². The summed E-state index contributed by atoms with van der Waals surface area (Å²) in [6.07, 6.45) is 4.50. The average Bonchev–Trinajstić information content (AvgIpc) is 2.79. The molecule has 0 bridgehead atoms. The highest BCUT2D eigenvalue weighted by Crippen LogP contribution is 2.24. The maximum absolute atomic E-state index is 13.2. The molecule has 142 valence electrons. The first-order valence-electron chi connectivity index (χ1n) is 8.66. The zero-order valence-electron chi connectivity index (χ0n) is 14.9. The minimum Gasteiger partial charge on any atom is -0.324 e. The number of unbranched alkanes of at least 4 members (excludes halogenated alkanes) is 3. The summed E-state index contributed by atoms with van der Waals surface area (Å²) >= 11 is 5.67. The van der Waals surface area contributed by atoms with Gasteiger partial charge in [-0.3, -0.25) is 14.5 Å². The Balaban J connectivity index is 1.95. The number of nitrogens with zero attached hydrogens (tertiary/aromatic N) is 1. The summed E-state index contributed by atoms with van der Waals surface area (Å²) < 4.78 is 13.2. The number of rotatable bonds is 8. The first-order chi connectivity index (χ1) is 12.3. The van der Waals surface area contributed by atoms with Crippen molar-refractivity contribution in [2.45, 2.75) is 51.5 Å². The molecule has 0 saturated carbocycles. The van der Waals surface area contributed by atoms with Crippen LogP contribution in [0.4, 0.5) is 14.9 Å². The summed E-state index contributed by atoms with van der Waals surface area (Å²) in [5, 5.41) is 5.05. The number of amides is 4. The van der Waals surface area contributed by atoms with Crippen molar-refractivity contribution in [1.29, 1.82) is 0 Å². The second-order valence-electron chi connectivity index (χ2n) is 6.64. The molecule has 0 unspecified atom stereocenters. The third kappa shape index (κ3) is 4.72. The number of carbonyl (C=O) groups excluding carboxylic acids is 3. The van der Waals surface area contributed by atoms with Gasteiger partial charge in [0, 0.05) is 5.69 Å². The molecule has 0 aliphatic carbocycles. The van der Waals surface area contributed by atoms with E-state index in [0.717, 1.165) is 36.6 Å². The lowest BCUT2D eigenvalue weighted by Gasteiger charge is -2.21. The summed E-state index contributed by atoms with van der Waals surface area (Å²) in [6.45, 7) is 3.36. The summed E-state index contributed by atoms with van der Waals surface area (Å²) in [7, 11) is 0. The molecule has 1 heterocycles. The molecule has 1 atom stereocenters. The highest BCUT2D eigenvalue weighted by Gasteiger charge is 2.47. The van der Waals surface area contributed by atoms with Crippen LogP contribution in [-0.2, 0) is 9.59 Å². The van der Waals surface area contributed by atoms with Crippen molar-refractivity contribution in [3.8, 4) is 0 Å². The number of carbonyl (C=O) groups is 3. The Kier molecular flexibility index (Phi) is 6.58. The van der Waals surface area contributed by atoms with E-state index in [1.165, 1.54) is 12.1 Å². The molecule has 1 aromatic rings. The van der Waals surface area contributed by atoms with E-state index < -0.39 is 35.7 Å². The van der Waals surface area contributed by atoms with Gasteiger partial charge in [-0.2, -0.15) is 0 Å². The molecular weight excluding hydrogens is 361 g/mol. The third-order valence-corrected chi connectivity index (χ3v) is 4.67. The lowest BCUT2D eigenvalue weighted by atomic mass is 9.94. The Morgan fingerprint density at radius 1 is 1.31 bits per heavy atom. The number of anilines is 1. The number of hydrogen-bond donors (Lipinski definition) is 2. The van der Waals surface area contributed by atoms with Gasteiger partial charge >= 0.3 is 6.03 Å². The first-order valence-corrected chi connectivity index (χ1v) is 9.03. The third-order valence-electron chi connectivity index (χ3n) is 4.38. The van der Waals surface area contributed by atoms with Crippen molar-refractivity contribution in [1.82, 2.24) is 10.2 Å². The molecule has 4 amide bonds. The van der Waals surface area contributed by atoms with Gasteiger partial charge in [0.2, 0.25) is 5.91 Å². The van der Waals surface area contributed by atoms with Crippen LogP contribution in [-0.4, -0.2) is 34.8 Å². The smallest absolute Gasteiger partial charge is 0.324 e. The van der Waals surface area contributed by atoms with Crippen LogP contribution in [0, 0.1) is 5.82 Å². The first kappa shape index (κ1) is 20.2. The van der Waals surface area contributed by atoms with Crippen LogP contribution >= 0.6 is 11.6 Å². The average molecular weight is 384 g/mol. The Morgan fingerprint density at radius 3 is 2.69 bits per heavy atom. The van der Waals surface area contributed by atoms with E-state index in [-0.39, 0.29) is 10.7 Å². The maximum Gasteiger partial charge on any atom is 0.325 e. The normalized spacial score (nSPS) is 19.6. The van der Waals surface area contributed by atoms with Crippen molar-refractivity contribution >= 4 is 35.1 Å². The number of benzene rings is 1. The highest BCUT2D eigenvalue weighted by molar-refractivity contribution is 6.31. The van der Waals surface area contributed by atoms with Crippen molar-refractivity contribution in [3.63, 3.8) is 0 Å². The van der Waals surface area contributed by atoms with E-state index in [2.05, 4.69) is 17.6 Å². The lowest BCUT2D eigenvalue weighted by Crippen LogP contribution is -2.44. The largest absolute Gasteiger partial charge is 0.325 e. The number of urea groups is 1. The second-order valence-corrected chi connectivity index (χ2v) is 7.05. The van der Waals surface area contributed by atoms with Crippen molar-refractivity contribution < 1.29 is 18.8 Å². The fourth-order valence-corrected chi connectivity index (χ4v) is 3.06. The maximum atomic E-state index is 13.2. The van der Waals surface area contributed by atoms with Gasteiger partial charge in [0.1, 0.15) is 17.9 Å². The van der Waals surface area contributed by atoms with E-state index in [1.807, 2.05) is 0 Å². The van der Waals surface area contributed by atoms with Gasteiger partial charge in [-0.05, 0) is 31.5 Å². The monoisotopic (exact) mass is 383 g/mol. The zero-order valence-corrected chi connectivity index (χ0v) is 15.7. The second kappa shape index (κ2) is 8.49. The molecule has 0 aromatic heterocycles. The predicted molar refractivity (Wildman–Crippen MR) is 97.4 cm³/mol. The Bertz CT molecular complexity index is 713. The molecule has 1 aliphatic heterocycles. The molecule has 1 aromatic carbocycles. The molecule has 1 saturated heterocycles. The zero-order chi connectivity index (χ0) is 19.3. The fraction of sp³-hybridized carbons (Fsp3) is 0.500. The Labute approximate surface area is 157 Å². The quantitative estimate of drug-likeness (QED) is 0.530. The fourth-order valence-electron chi connectivity index (χ4n) is 2.88. The van der Waals surface area contributed by atoms with Crippen LogP contribution in [0.5, 0.6) is 0 Å². The van der Waals surface area contributed by atoms with Crippen LogP contribution in [0.2, 0.25) is 5.02 Å². The van der Waals surface area contributed by atoms with Gasteiger partial charge in [-0.25, -0.2) is 9.18 Å². The molecule has 26 heavy (non-hydrogen) atoms. The number of hydrogen-bond acceptors (Lipinski definition) is 3. The van der Waals surface area contributed by atoms with E-state index in [1.54, 1.807) is 6.92 Å². The summed E-state index contributed by atoms with van der Waals surface area (Å²) in [4.78, 5) is 37.7. The minimum absolute atomic E-state index is 0.127. The van der Waals surface area contributed by atoms with E-state index in [4.69, 9.17) is 11.6 Å². The van der Waals surface area contributed by atoms with E-state index in [9.17, 15) is 18.8 Å². The van der Waals surface area contributed by atoms with E-state index >= 15 is 0 Å². The molecule has 1 fully saturated rings. The topological polar surface area (TPSA) is 78.5 Å². The minimum atomic E-state index is -0.982. The van der Waals surface area contributed by atoms with Gasteiger partial charge in [-0.15, -0.1) is 0 Å². The van der Waals surface area contributed by atoms with Crippen LogP contribution in [0.3, 0.4) is 0 Å². The summed E-state index contributed by atoms with van der Waals surface area (Å²) in [6, 6.07) is 3.15. The van der Waals surface area contributed by atoms with Gasteiger partial charge in [0.05, 0.1) is 5.02 Å². The number of imide groups is 1. The molecule has 6 nitrogen and oxygen atoms in total. The molecular formula is C18H23ClFN3O3. The Morgan fingerprint density at radius 2 is 2.04 bits per heavy atom. The highest BCUT2D eigenvalue weighted by atomic mass is 35.5. The standard InChI is InChI=1S/C18H23ClFN3O3/c1-3-4-5-6-9-18(2)16(25)23(17(26)22-18)11-15(24)21-12-7-8-14(20)13(19)10-12/h7-8,10H,3-6,9,11H2,1-2H3,(H,21,24)(H,22,26)/t18-/m1/s1. The molecule has 8 heteroatoms. The summed E-state index contributed by atoms with van der Waals surface area (Å²) in [5.41, 5.74) is -0.694. The Hall–Kier alpha value is -2.15. The van der Waals surface area contributed by atoms with Crippen molar-refractivity contribution in [2.24, 2.45) is 0 Å².